The van der Waals surface area contributed by atoms with Gasteiger partial charge >= 0.3 is 0 Å². The quantitative estimate of drug-likeness (QED) is 0.459. The van der Waals surface area contributed by atoms with Gasteiger partial charge in [0.1, 0.15) is 0 Å². The molecule has 4 heteroatoms. The average molecular weight is 249 g/mol. The lowest BCUT2D eigenvalue weighted by atomic mass is 10.1. The van der Waals surface area contributed by atoms with Crippen molar-refractivity contribution in [3.8, 4) is 0 Å². The van der Waals surface area contributed by atoms with Crippen LogP contribution in [0.1, 0.15) is 36.2 Å². The Morgan fingerprint density at radius 2 is 2.11 bits per heavy atom. The van der Waals surface area contributed by atoms with Crippen molar-refractivity contribution in [1.29, 1.82) is 0 Å². The van der Waals surface area contributed by atoms with E-state index in [0.717, 1.165) is 25.1 Å². The minimum atomic E-state index is -0.234. The normalized spacial score (nSPS) is 12.5. The number of rotatable bonds is 6. The lowest BCUT2D eigenvalue weighted by Crippen LogP contribution is -2.32. The standard InChI is InChI=1S/C14H23N3O/c1-4-11(2)9-17(3)10-12-7-5-6-8-13(12)14(18)16-15/h5-8,11H,4,9-10,15H2,1-3H3,(H,16,18). The van der Waals surface area contributed by atoms with Crippen LogP contribution in [0, 0.1) is 5.92 Å². The first-order valence-corrected chi connectivity index (χ1v) is 6.35. The van der Waals surface area contributed by atoms with Gasteiger partial charge in [-0.25, -0.2) is 5.84 Å². The predicted octanol–water partition coefficient (Wildman–Crippen LogP) is 1.77. The summed E-state index contributed by atoms with van der Waals surface area (Å²) in [7, 11) is 2.07. The number of nitrogens with zero attached hydrogens (tertiary/aromatic N) is 1. The zero-order valence-corrected chi connectivity index (χ0v) is 11.4. The van der Waals surface area contributed by atoms with Gasteiger partial charge in [0.05, 0.1) is 0 Å². The summed E-state index contributed by atoms with van der Waals surface area (Å²) < 4.78 is 0. The number of amides is 1. The van der Waals surface area contributed by atoms with E-state index >= 15 is 0 Å². The van der Waals surface area contributed by atoms with E-state index in [-0.39, 0.29) is 5.91 Å². The topological polar surface area (TPSA) is 58.4 Å². The second-order valence-electron chi connectivity index (χ2n) is 4.84. The van der Waals surface area contributed by atoms with Crippen molar-refractivity contribution < 1.29 is 4.79 Å². The molecule has 0 spiro atoms. The van der Waals surface area contributed by atoms with Crippen LogP contribution in [0.25, 0.3) is 0 Å². The highest BCUT2D eigenvalue weighted by atomic mass is 16.2. The van der Waals surface area contributed by atoms with Crippen LogP contribution in [0.4, 0.5) is 0 Å². The Morgan fingerprint density at radius 3 is 2.72 bits per heavy atom. The molecule has 1 atom stereocenters. The van der Waals surface area contributed by atoms with E-state index in [9.17, 15) is 4.79 Å². The minimum absolute atomic E-state index is 0.234. The molecule has 1 aromatic carbocycles. The van der Waals surface area contributed by atoms with Gasteiger partial charge < -0.3 is 4.90 Å². The lowest BCUT2D eigenvalue weighted by Gasteiger charge is -2.21. The Bertz CT molecular complexity index is 392. The molecule has 3 N–H and O–H groups in total. The van der Waals surface area contributed by atoms with Crippen molar-refractivity contribution in [3.05, 3.63) is 35.4 Å². The summed E-state index contributed by atoms with van der Waals surface area (Å²) in [5, 5.41) is 0. The fourth-order valence-electron chi connectivity index (χ4n) is 1.97. The van der Waals surface area contributed by atoms with Crippen LogP contribution in [-0.2, 0) is 6.54 Å². The van der Waals surface area contributed by atoms with Crippen LogP contribution < -0.4 is 11.3 Å². The highest BCUT2D eigenvalue weighted by Gasteiger charge is 2.12. The number of hydrogen-bond donors (Lipinski definition) is 2. The molecule has 0 radical (unpaired) electrons. The second kappa shape index (κ2) is 7.13. The minimum Gasteiger partial charge on any atom is -0.302 e. The third-order valence-electron chi connectivity index (χ3n) is 3.15. The Labute approximate surface area is 109 Å². The smallest absolute Gasteiger partial charge is 0.265 e. The summed E-state index contributed by atoms with van der Waals surface area (Å²) >= 11 is 0. The Kier molecular flexibility index (Phi) is 5.82. The molecule has 0 aliphatic carbocycles. The SMILES string of the molecule is CCC(C)CN(C)Cc1ccccc1C(=O)NN. The van der Waals surface area contributed by atoms with Gasteiger partial charge in [0.25, 0.3) is 5.91 Å². The van der Waals surface area contributed by atoms with E-state index in [1.165, 1.54) is 0 Å². The Hall–Kier alpha value is -1.39. The molecule has 1 aromatic rings. The van der Waals surface area contributed by atoms with Gasteiger partial charge in [-0.1, -0.05) is 38.5 Å². The summed E-state index contributed by atoms with van der Waals surface area (Å²) in [6.45, 7) is 6.20. The van der Waals surface area contributed by atoms with E-state index in [2.05, 4.69) is 31.2 Å². The van der Waals surface area contributed by atoms with Crippen molar-refractivity contribution in [2.24, 2.45) is 11.8 Å². The average Bonchev–Trinajstić information content (AvgIpc) is 2.38. The van der Waals surface area contributed by atoms with Crippen molar-refractivity contribution in [3.63, 3.8) is 0 Å². The molecule has 0 aliphatic rings. The molecule has 18 heavy (non-hydrogen) atoms. The van der Waals surface area contributed by atoms with Crippen LogP contribution in [0.2, 0.25) is 0 Å². The van der Waals surface area contributed by atoms with Crippen LogP contribution in [-0.4, -0.2) is 24.4 Å². The fourth-order valence-corrected chi connectivity index (χ4v) is 1.97. The van der Waals surface area contributed by atoms with Crippen LogP contribution in [0.3, 0.4) is 0 Å². The van der Waals surface area contributed by atoms with Gasteiger partial charge in [0, 0.05) is 18.7 Å². The molecule has 1 amide bonds. The van der Waals surface area contributed by atoms with Gasteiger partial charge in [0.2, 0.25) is 0 Å². The van der Waals surface area contributed by atoms with E-state index in [1.54, 1.807) is 6.07 Å². The van der Waals surface area contributed by atoms with Gasteiger partial charge in [-0.05, 0) is 24.6 Å². The summed E-state index contributed by atoms with van der Waals surface area (Å²) in [6.07, 6.45) is 1.16. The Balaban J connectivity index is 2.74. The monoisotopic (exact) mass is 249 g/mol. The largest absolute Gasteiger partial charge is 0.302 e. The highest BCUT2D eigenvalue weighted by molar-refractivity contribution is 5.95. The number of hydrazine groups is 1. The zero-order valence-electron chi connectivity index (χ0n) is 11.4. The fraction of sp³-hybridized carbons (Fsp3) is 0.500. The molecule has 0 aromatic heterocycles. The number of carbonyl (C=O) groups excluding carboxylic acids is 1. The molecule has 100 valence electrons. The lowest BCUT2D eigenvalue weighted by molar-refractivity contribution is 0.0951. The van der Waals surface area contributed by atoms with Crippen molar-refractivity contribution in [1.82, 2.24) is 10.3 Å². The van der Waals surface area contributed by atoms with E-state index in [0.29, 0.717) is 11.5 Å². The van der Waals surface area contributed by atoms with Gasteiger partial charge in [0.15, 0.2) is 0 Å². The first-order chi connectivity index (χ1) is 8.58. The number of hydrogen-bond acceptors (Lipinski definition) is 3. The summed E-state index contributed by atoms with van der Waals surface area (Å²) in [6, 6.07) is 7.56. The number of nitrogens with two attached hydrogens (primary N) is 1. The van der Waals surface area contributed by atoms with Gasteiger partial charge in [-0.3, -0.25) is 10.2 Å². The van der Waals surface area contributed by atoms with Crippen LogP contribution in [0.15, 0.2) is 24.3 Å². The molecule has 0 heterocycles. The van der Waals surface area contributed by atoms with Gasteiger partial charge in [-0.2, -0.15) is 0 Å². The maximum absolute atomic E-state index is 11.6. The molecule has 0 fully saturated rings. The molecule has 4 nitrogen and oxygen atoms in total. The zero-order chi connectivity index (χ0) is 13.5. The first kappa shape index (κ1) is 14.7. The van der Waals surface area contributed by atoms with Gasteiger partial charge in [-0.15, -0.1) is 0 Å². The van der Waals surface area contributed by atoms with E-state index < -0.39 is 0 Å². The number of nitrogen functional groups attached to an aromatic ring is 1. The predicted molar refractivity (Wildman–Crippen MR) is 73.9 cm³/mol. The number of nitrogens with one attached hydrogen (secondary N) is 1. The van der Waals surface area contributed by atoms with Crippen LogP contribution in [0.5, 0.6) is 0 Å². The van der Waals surface area contributed by atoms with E-state index in [4.69, 9.17) is 5.84 Å². The van der Waals surface area contributed by atoms with E-state index in [1.807, 2.05) is 18.2 Å². The maximum atomic E-state index is 11.6. The summed E-state index contributed by atoms with van der Waals surface area (Å²) in [5.74, 6) is 5.62. The van der Waals surface area contributed by atoms with Crippen LogP contribution >= 0.6 is 0 Å². The number of carbonyl (C=O) groups is 1. The second-order valence-corrected chi connectivity index (χ2v) is 4.84. The maximum Gasteiger partial charge on any atom is 0.265 e. The van der Waals surface area contributed by atoms with Crippen molar-refractivity contribution >= 4 is 5.91 Å². The highest BCUT2D eigenvalue weighted by Crippen LogP contribution is 2.12. The molecular formula is C14H23N3O. The first-order valence-electron chi connectivity index (χ1n) is 6.35. The van der Waals surface area contributed by atoms with Crippen molar-refractivity contribution in [2.45, 2.75) is 26.8 Å². The molecule has 0 bridgehead atoms. The molecule has 0 aliphatic heterocycles. The molecule has 0 saturated heterocycles. The molecule has 1 rings (SSSR count). The Morgan fingerprint density at radius 1 is 1.44 bits per heavy atom. The van der Waals surface area contributed by atoms with Crippen molar-refractivity contribution in [2.75, 3.05) is 13.6 Å². The number of benzene rings is 1. The molecule has 1 unspecified atom stereocenters. The summed E-state index contributed by atoms with van der Waals surface area (Å²) in [4.78, 5) is 13.9. The molecular weight excluding hydrogens is 226 g/mol. The summed E-state index contributed by atoms with van der Waals surface area (Å²) in [5.41, 5.74) is 3.84. The molecule has 0 saturated carbocycles. The third-order valence-corrected chi connectivity index (χ3v) is 3.15. The third kappa shape index (κ3) is 4.13.